The van der Waals surface area contributed by atoms with Crippen molar-refractivity contribution in [2.45, 2.75) is 20.5 Å². The summed E-state index contributed by atoms with van der Waals surface area (Å²) in [7, 11) is 0. The molecule has 0 unspecified atom stereocenters. The Morgan fingerprint density at radius 1 is 1.10 bits per heavy atom. The predicted molar refractivity (Wildman–Crippen MR) is 131 cm³/mol. The van der Waals surface area contributed by atoms with E-state index in [1.165, 1.54) is 0 Å². The number of nitrogens with zero attached hydrogens (tertiary/aromatic N) is 1. The van der Waals surface area contributed by atoms with Gasteiger partial charge in [-0.1, -0.05) is 62.2 Å². The van der Waals surface area contributed by atoms with Crippen molar-refractivity contribution in [3.63, 3.8) is 0 Å². The monoisotopic (exact) mass is 538 g/mol. The van der Waals surface area contributed by atoms with Gasteiger partial charge in [0.25, 0.3) is 5.91 Å². The van der Waals surface area contributed by atoms with Crippen LogP contribution in [0.4, 0.5) is 5.69 Å². The summed E-state index contributed by atoms with van der Waals surface area (Å²) in [6.07, 6.45) is 1.57. The second kappa shape index (κ2) is 10.4. The highest BCUT2D eigenvalue weighted by Crippen LogP contribution is 2.24. The van der Waals surface area contributed by atoms with E-state index in [0.717, 1.165) is 31.2 Å². The molecule has 6 heteroatoms. The van der Waals surface area contributed by atoms with Gasteiger partial charge in [0.1, 0.15) is 24.0 Å². The number of nitrogens with one attached hydrogen (secondary N) is 1. The number of rotatable bonds is 6. The molecular formula is C25H20Br2N2O2. The van der Waals surface area contributed by atoms with Gasteiger partial charge in [-0.2, -0.15) is 5.26 Å². The van der Waals surface area contributed by atoms with E-state index in [4.69, 9.17) is 4.74 Å². The molecule has 3 aromatic rings. The number of ether oxygens (including phenoxy) is 1. The van der Waals surface area contributed by atoms with E-state index in [1.54, 1.807) is 6.08 Å². The summed E-state index contributed by atoms with van der Waals surface area (Å²) < 4.78 is 7.80. The van der Waals surface area contributed by atoms with Gasteiger partial charge in [-0.05, 0) is 66.9 Å². The highest BCUT2D eigenvalue weighted by Gasteiger charge is 2.11. The summed E-state index contributed by atoms with van der Waals surface area (Å²) in [4.78, 5) is 12.6. The van der Waals surface area contributed by atoms with Crippen LogP contribution in [0.1, 0.15) is 22.3 Å². The number of aryl methyl sites for hydroxylation is 1. The van der Waals surface area contributed by atoms with Crippen molar-refractivity contribution in [2.24, 2.45) is 0 Å². The molecule has 0 atom stereocenters. The molecule has 0 aliphatic carbocycles. The largest absolute Gasteiger partial charge is 0.489 e. The fourth-order valence-electron chi connectivity index (χ4n) is 2.85. The Hall–Kier alpha value is -2.88. The lowest BCUT2D eigenvalue weighted by molar-refractivity contribution is -0.112. The molecule has 4 nitrogen and oxygen atoms in total. The van der Waals surface area contributed by atoms with Crippen LogP contribution < -0.4 is 10.1 Å². The molecule has 3 aromatic carbocycles. The van der Waals surface area contributed by atoms with Gasteiger partial charge in [0.15, 0.2) is 0 Å². The summed E-state index contributed by atoms with van der Waals surface area (Å²) in [6, 6.07) is 20.8. The normalized spacial score (nSPS) is 11.0. The zero-order valence-corrected chi connectivity index (χ0v) is 20.2. The molecule has 156 valence electrons. The first-order valence-corrected chi connectivity index (χ1v) is 11.1. The molecule has 0 saturated heterocycles. The SMILES string of the molecule is Cc1cccc(NC(=O)/C(C#N)=C\c2ccc(OCc3ccc(Br)cc3Br)cc2)c1C. The maximum absolute atomic E-state index is 12.6. The van der Waals surface area contributed by atoms with Gasteiger partial charge < -0.3 is 10.1 Å². The fraction of sp³-hybridized carbons (Fsp3) is 0.120. The summed E-state index contributed by atoms with van der Waals surface area (Å²) in [5.41, 5.74) is 4.56. The van der Waals surface area contributed by atoms with E-state index in [0.29, 0.717) is 18.0 Å². The average molecular weight is 540 g/mol. The Bertz CT molecular complexity index is 1180. The molecule has 0 radical (unpaired) electrons. The van der Waals surface area contributed by atoms with Crippen LogP contribution in [0.15, 0.2) is 75.2 Å². The topological polar surface area (TPSA) is 62.1 Å². The molecule has 31 heavy (non-hydrogen) atoms. The molecule has 0 saturated carbocycles. The third kappa shape index (κ3) is 6.06. The third-order valence-corrected chi connectivity index (χ3v) is 6.05. The van der Waals surface area contributed by atoms with Gasteiger partial charge >= 0.3 is 0 Å². The first-order valence-electron chi connectivity index (χ1n) is 9.53. The van der Waals surface area contributed by atoms with E-state index >= 15 is 0 Å². The van der Waals surface area contributed by atoms with Gasteiger partial charge in [0, 0.05) is 20.2 Å². The van der Waals surface area contributed by atoms with E-state index in [9.17, 15) is 10.1 Å². The maximum Gasteiger partial charge on any atom is 0.266 e. The van der Waals surface area contributed by atoms with Crippen molar-refractivity contribution in [2.75, 3.05) is 5.32 Å². The van der Waals surface area contributed by atoms with Crippen molar-refractivity contribution < 1.29 is 9.53 Å². The van der Waals surface area contributed by atoms with Crippen molar-refractivity contribution >= 4 is 49.5 Å². The summed E-state index contributed by atoms with van der Waals surface area (Å²) in [5.74, 6) is 0.266. The third-order valence-electron chi connectivity index (χ3n) is 4.82. The standard InChI is InChI=1S/C25H20Br2N2O2/c1-16-4-3-5-24(17(16)2)29-25(30)20(14-28)12-18-6-10-22(11-7-18)31-15-19-8-9-21(26)13-23(19)27/h3-13H,15H2,1-2H3,(H,29,30)/b20-12-. The molecular weight excluding hydrogens is 520 g/mol. The number of anilines is 1. The molecule has 0 aromatic heterocycles. The van der Waals surface area contributed by atoms with Crippen LogP contribution in [0.5, 0.6) is 5.75 Å². The molecule has 0 bridgehead atoms. The molecule has 3 rings (SSSR count). The second-order valence-corrected chi connectivity index (χ2v) is 8.73. The van der Waals surface area contributed by atoms with Crippen molar-refractivity contribution in [3.05, 3.63) is 97.4 Å². The van der Waals surface area contributed by atoms with Crippen LogP contribution in [-0.2, 0) is 11.4 Å². The lowest BCUT2D eigenvalue weighted by Crippen LogP contribution is -2.14. The Morgan fingerprint density at radius 3 is 2.52 bits per heavy atom. The Morgan fingerprint density at radius 2 is 1.84 bits per heavy atom. The summed E-state index contributed by atoms with van der Waals surface area (Å²) >= 11 is 6.96. The minimum absolute atomic E-state index is 0.0355. The molecule has 0 spiro atoms. The Kier molecular flexibility index (Phi) is 7.67. The zero-order valence-electron chi connectivity index (χ0n) is 17.1. The number of nitriles is 1. The lowest BCUT2D eigenvalue weighted by atomic mass is 10.1. The number of halogens is 2. The van der Waals surface area contributed by atoms with Crippen molar-refractivity contribution in [1.82, 2.24) is 0 Å². The van der Waals surface area contributed by atoms with Crippen LogP contribution in [-0.4, -0.2) is 5.91 Å². The smallest absolute Gasteiger partial charge is 0.266 e. The second-order valence-electron chi connectivity index (χ2n) is 6.96. The van der Waals surface area contributed by atoms with Gasteiger partial charge in [0.2, 0.25) is 0 Å². The van der Waals surface area contributed by atoms with Gasteiger partial charge in [-0.3, -0.25) is 4.79 Å². The highest BCUT2D eigenvalue weighted by atomic mass is 79.9. The first kappa shape index (κ1) is 22.8. The van der Waals surface area contributed by atoms with Crippen molar-refractivity contribution in [1.29, 1.82) is 5.26 Å². The number of amides is 1. The quantitative estimate of drug-likeness (QED) is 0.272. The van der Waals surface area contributed by atoms with Crippen LogP contribution >= 0.6 is 31.9 Å². The minimum Gasteiger partial charge on any atom is -0.489 e. The first-order chi connectivity index (χ1) is 14.9. The zero-order chi connectivity index (χ0) is 22.4. The number of carbonyl (C=O) groups excluding carboxylic acids is 1. The number of carbonyl (C=O) groups is 1. The van der Waals surface area contributed by atoms with Crippen LogP contribution in [0.2, 0.25) is 0 Å². The Balaban J connectivity index is 1.68. The van der Waals surface area contributed by atoms with E-state index in [2.05, 4.69) is 37.2 Å². The average Bonchev–Trinajstić information content (AvgIpc) is 2.75. The maximum atomic E-state index is 12.6. The summed E-state index contributed by atoms with van der Waals surface area (Å²) in [6.45, 7) is 4.34. The van der Waals surface area contributed by atoms with E-state index in [1.807, 2.05) is 80.6 Å². The molecule has 0 fully saturated rings. The van der Waals surface area contributed by atoms with Gasteiger partial charge in [0.05, 0.1) is 0 Å². The molecule has 0 aliphatic heterocycles. The minimum atomic E-state index is -0.434. The lowest BCUT2D eigenvalue weighted by Gasteiger charge is -2.10. The Labute approximate surface area is 198 Å². The van der Waals surface area contributed by atoms with Gasteiger partial charge in [-0.25, -0.2) is 0 Å². The van der Waals surface area contributed by atoms with Crippen LogP contribution in [0.25, 0.3) is 6.08 Å². The van der Waals surface area contributed by atoms with Gasteiger partial charge in [-0.15, -0.1) is 0 Å². The molecule has 1 N–H and O–H groups in total. The van der Waals surface area contributed by atoms with E-state index in [-0.39, 0.29) is 5.57 Å². The fourth-order valence-corrected chi connectivity index (χ4v) is 4.01. The molecule has 1 amide bonds. The van der Waals surface area contributed by atoms with Crippen LogP contribution in [0, 0.1) is 25.2 Å². The van der Waals surface area contributed by atoms with Crippen LogP contribution in [0.3, 0.4) is 0 Å². The predicted octanol–water partition coefficient (Wildman–Crippen LogP) is 6.95. The molecule has 0 heterocycles. The molecule has 0 aliphatic rings. The highest BCUT2D eigenvalue weighted by molar-refractivity contribution is 9.11. The van der Waals surface area contributed by atoms with Crippen molar-refractivity contribution in [3.8, 4) is 11.8 Å². The number of hydrogen-bond donors (Lipinski definition) is 1. The number of hydrogen-bond acceptors (Lipinski definition) is 3. The number of benzene rings is 3. The van der Waals surface area contributed by atoms with E-state index < -0.39 is 5.91 Å². The summed E-state index contributed by atoms with van der Waals surface area (Å²) in [5, 5.41) is 12.3.